The molecule has 27 heavy (non-hydrogen) atoms. The molecule has 2 aromatic carbocycles. The highest BCUT2D eigenvalue weighted by molar-refractivity contribution is 5.95. The van der Waals surface area contributed by atoms with Crippen molar-refractivity contribution in [3.05, 3.63) is 48.0 Å². The number of hydrogen-bond acceptors (Lipinski definition) is 5. The van der Waals surface area contributed by atoms with E-state index in [1.165, 1.54) is 21.3 Å². The lowest BCUT2D eigenvalue weighted by Crippen LogP contribution is -2.39. The molecule has 0 fully saturated rings. The van der Waals surface area contributed by atoms with Gasteiger partial charge in [0.15, 0.2) is 11.5 Å². The minimum Gasteiger partial charge on any atom is -0.493 e. The number of rotatable bonds is 9. The normalized spacial score (nSPS) is 11.6. The summed E-state index contributed by atoms with van der Waals surface area (Å²) in [5.74, 6) is 1.50. The van der Waals surface area contributed by atoms with Gasteiger partial charge in [-0.05, 0) is 30.2 Å². The van der Waals surface area contributed by atoms with Gasteiger partial charge in [-0.1, -0.05) is 32.0 Å². The molecule has 0 aliphatic carbocycles. The van der Waals surface area contributed by atoms with Crippen LogP contribution in [0.1, 0.15) is 24.2 Å². The van der Waals surface area contributed by atoms with Crippen LogP contribution in [0.15, 0.2) is 42.5 Å². The van der Waals surface area contributed by atoms with Crippen molar-refractivity contribution in [2.24, 2.45) is 5.92 Å². The Morgan fingerprint density at radius 1 is 0.963 bits per heavy atom. The molecule has 0 radical (unpaired) electrons. The van der Waals surface area contributed by atoms with Gasteiger partial charge in [0.25, 0.3) is 5.91 Å². The summed E-state index contributed by atoms with van der Waals surface area (Å²) < 4.78 is 15.9. The molecular formula is C21H28N2O4. The van der Waals surface area contributed by atoms with Crippen molar-refractivity contribution >= 4 is 11.6 Å². The number of carbonyl (C=O) groups is 1. The van der Waals surface area contributed by atoms with E-state index in [1.54, 1.807) is 12.1 Å². The van der Waals surface area contributed by atoms with E-state index in [9.17, 15) is 4.79 Å². The fourth-order valence-electron chi connectivity index (χ4n) is 2.72. The van der Waals surface area contributed by atoms with Crippen molar-refractivity contribution < 1.29 is 19.0 Å². The van der Waals surface area contributed by atoms with E-state index in [1.807, 2.05) is 30.3 Å². The van der Waals surface area contributed by atoms with Crippen LogP contribution in [0.3, 0.4) is 0 Å². The van der Waals surface area contributed by atoms with Crippen molar-refractivity contribution in [2.75, 3.05) is 33.2 Å². The first kappa shape index (κ1) is 20.4. The quantitative estimate of drug-likeness (QED) is 0.704. The molecule has 0 spiro atoms. The minimum atomic E-state index is -0.199. The molecule has 0 saturated carbocycles. The van der Waals surface area contributed by atoms with Crippen molar-refractivity contribution in [3.63, 3.8) is 0 Å². The summed E-state index contributed by atoms with van der Waals surface area (Å²) >= 11 is 0. The lowest BCUT2D eigenvalue weighted by atomic mass is 10.0. The van der Waals surface area contributed by atoms with Gasteiger partial charge in [-0.25, -0.2) is 0 Å². The van der Waals surface area contributed by atoms with Crippen molar-refractivity contribution in [1.82, 2.24) is 5.32 Å². The Morgan fingerprint density at radius 3 is 2.04 bits per heavy atom. The third-order valence-corrected chi connectivity index (χ3v) is 4.34. The lowest BCUT2D eigenvalue weighted by molar-refractivity contribution is 0.0949. The molecule has 0 aliphatic rings. The fraction of sp³-hybridized carbons (Fsp3) is 0.381. The zero-order chi connectivity index (χ0) is 19.8. The molecule has 0 heterocycles. The Bertz CT molecular complexity index is 722. The summed E-state index contributed by atoms with van der Waals surface area (Å²) in [6, 6.07) is 13.3. The van der Waals surface area contributed by atoms with Gasteiger partial charge in [-0.15, -0.1) is 0 Å². The van der Waals surface area contributed by atoms with Gasteiger partial charge in [0.2, 0.25) is 5.75 Å². The highest BCUT2D eigenvalue weighted by Gasteiger charge is 2.19. The maximum atomic E-state index is 12.7. The summed E-state index contributed by atoms with van der Waals surface area (Å²) in [5.41, 5.74) is 1.48. The van der Waals surface area contributed by atoms with Gasteiger partial charge < -0.3 is 24.8 Å². The number of amides is 1. The molecule has 1 unspecified atom stereocenters. The minimum absolute atomic E-state index is 0.0957. The van der Waals surface area contributed by atoms with E-state index in [0.717, 1.165) is 5.69 Å². The second-order valence-electron chi connectivity index (χ2n) is 6.48. The van der Waals surface area contributed by atoms with Crippen LogP contribution >= 0.6 is 0 Å². The predicted molar refractivity (Wildman–Crippen MR) is 107 cm³/mol. The Hall–Kier alpha value is -2.89. The van der Waals surface area contributed by atoms with E-state index in [2.05, 4.69) is 24.5 Å². The topological polar surface area (TPSA) is 68.8 Å². The van der Waals surface area contributed by atoms with E-state index < -0.39 is 0 Å². The molecule has 6 heteroatoms. The third kappa shape index (κ3) is 5.29. The average molecular weight is 372 g/mol. The summed E-state index contributed by atoms with van der Waals surface area (Å²) in [6.07, 6.45) is 0. The Kier molecular flexibility index (Phi) is 7.34. The SMILES string of the molecule is COc1cc(C(=O)NCC(Nc2ccccc2)C(C)C)cc(OC)c1OC. The van der Waals surface area contributed by atoms with Gasteiger partial charge >= 0.3 is 0 Å². The zero-order valence-electron chi connectivity index (χ0n) is 16.5. The molecule has 6 nitrogen and oxygen atoms in total. The maximum Gasteiger partial charge on any atom is 0.251 e. The van der Waals surface area contributed by atoms with Crippen LogP contribution in [0.25, 0.3) is 0 Å². The van der Waals surface area contributed by atoms with Crippen molar-refractivity contribution in [3.8, 4) is 17.2 Å². The number of methoxy groups -OCH3 is 3. The molecule has 1 atom stereocenters. The molecule has 0 bridgehead atoms. The molecule has 1 amide bonds. The molecule has 2 rings (SSSR count). The van der Waals surface area contributed by atoms with Crippen LogP contribution in [0, 0.1) is 5.92 Å². The molecule has 146 valence electrons. The summed E-state index contributed by atoms with van der Waals surface area (Å²) in [7, 11) is 4.58. The zero-order valence-corrected chi connectivity index (χ0v) is 16.5. The van der Waals surface area contributed by atoms with E-state index in [4.69, 9.17) is 14.2 Å². The smallest absolute Gasteiger partial charge is 0.251 e. The molecular weight excluding hydrogens is 344 g/mol. The Labute approximate surface area is 160 Å². The lowest BCUT2D eigenvalue weighted by Gasteiger charge is -2.24. The summed E-state index contributed by atoms with van der Waals surface area (Å²) in [4.78, 5) is 12.7. The number of carbonyl (C=O) groups excluding carboxylic acids is 1. The van der Waals surface area contributed by atoms with Crippen LogP contribution in [0.2, 0.25) is 0 Å². The maximum absolute atomic E-state index is 12.7. The molecule has 2 N–H and O–H groups in total. The standard InChI is InChI=1S/C21H28N2O4/c1-14(2)17(23-16-9-7-6-8-10-16)13-22-21(24)15-11-18(25-3)20(27-5)19(12-15)26-4/h6-12,14,17,23H,13H2,1-5H3,(H,22,24). The first-order valence-corrected chi connectivity index (χ1v) is 8.90. The van der Waals surface area contributed by atoms with E-state index >= 15 is 0 Å². The Morgan fingerprint density at radius 2 is 1.56 bits per heavy atom. The number of nitrogens with one attached hydrogen (secondary N) is 2. The molecule has 2 aromatic rings. The first-order valence-electron chi connectivity index (χ1n) is 8.90. The highest BCUT2D eigenvalue weighted by Crippen LogP contribution is 2.38. The average Bonchev–Trinajstić information content (AvgIpc) is 2.70. The van der Waals surface area contributed by atoms with Gasteiger partial charge in [0, 0.05) is 23.8 Å². The van der Waals surface area contributed by atoms with Crippen molar-refractivity contribution in [1.29, 1.82) is 0 Å². The molecule has 0 aromatic heterocycles. The molecule has 0 saturated heterocycles. The fourth-order valence-corrected chi connectivity index (χ4v) is 2.72. The number of ether oxygens (including phenoxy) is 3. The van der Waals surface area contributed by atoms with E-state index in [-0.39, 0.29) is 11.9 Å². The van der Waals surface area contributed by atoms with Crippen LogP contribution in [0.4, 0.5) is 5.69 Å². The number of anilines is 1. The molecule has 0 aliphatic heterocycles. The summed E-state index contributed by atoms with van der Waals surface area (Å²) in [5, 5.41) is 6.45. The number of benzene rings is 2. The largest absolute Gasteiger partial charge is 0.493 e. The predicted octanol–water partition coefficient (Wildman–Crippen LogP) is 3.58. The highest BCUT2D eigenvalue weighted by atomic mass is 16.5. The second-order valence-corrected chi connectivity index (χ2v) is 6.48. The van der Waals surface area contributed by atoms with Gasteiger partial charge in [-0.3, -0.25) is 4.79 Å². The number of para-hydroxylation sites is 1. The third-order valence-electron chi connectivity index (χ3n) is 4.34. The van der Waals surface area contributed by atoms with Gasteiger partial charge in [0.1, 0.15) is 0 Å². The van der Waals surface area contributed by atoms with Crippen LogP contribution in [-0.2, 0) is 0 Å². The van der Waals surface area contributed by atoms with Crippen LogP contribution < -0.4 is 24.8 Å². The van der Waals surface area contributed by atoms with Crippen molar-refractivity contribution in [2.45, 2.75) is 19.9 Å². The van der Waals surface area contributed by atoms with Gasteiger partial charge in [0.05, 0.1) is 21.3 Å². The summed E-state index contributed by atoms with van der Waals surface area (Å²) in [6.45, 7) is 4.72. The van der Waals surface area contributed by atoms with Gasteiger partial charge in [-0.2, -0.15) is 0 Å². The number of hydrogen-bond donors (Lipinski definition) is 2. The first-order chi connectivity index (χ1) is 13.0. The Balaban J connectivity index is 2.11. The van der Waals surface area contributed by atoms with Crippen LogP contribution in [-0.4, -0.2) is 39.8 Å². The second kappa shape index (κ2) is 9.71. The van der Waals surface area contributed by atoms with Crippen LogP contribution in [0.5, 0.6) is 17.2 Å². The monoisotopic (exact) mass is 372 g/mol. The van der Waals surface area contributed by atoms with E-state index in [0.29, 0.717) is 35.3 Å².